The largest absolute Gasteiger partial charge is 0.462 e. The second-order valence-corrected chi connectivity index (χ2v) is 7.92. The molecule has 4 aliphatic rings. The Bertz CT molecular complexity index is 342. The summed E-state index contributed by atoms with van der Waals surface area (Å²) in [6.07, 6.45) is 8.55. The fraction of sp³-hybridized carbons (Fsp3) is 0.941. The molecule has 4 saturated carbocycles. The number of hydrogen-bond donors (Lipinski definition) is 1. The first-order valence-corrected chi connectivity index (χ1v) is 8.40. The van der Waals surface area contributed by atoms with Crippen molar-refractivity contribution in [3.63, 3.8) is 0 Å². The van der Waals surface area contributed by atoms with E-state index in [1.54, 1.807) is 0 Å². The summed E-state index contributed by atoms with van der Waals surface area (Å²) in [5.74, 6) is 2.78. The van der Waals surface area contributed by atoms with Crippen molar-refractivity contribution in [3.8, 4) is 0 Å². The average molecular weight is 279 g/mol. The van der Waals surface area contributed by atoms with E-state index in [1.807, 2.05) is 13.8 Å². The third-order valence-electron chi connectivity index (χ3n) is 5.92. The van der Waals surface area contributed by atoms with E-state index in [4.69, 9.17) is 4.74 Å². The molecule has 4 fully saturated rings. The Morgan fingerprint density at radius 2 is 1.60 bits per heavy atom. The van der Waals surface area contributed by atoms with Gasteiger partial charge in [-0.3, -0.25) is 4.79 Å². The molecular weight excluding hydrogens is 250 g/mol. The molecule has 0 amide bonds. The van der Waals surface area contributed by atoms with Crippen molar-refractivity contribution in [2.75, 3.05) is 6.54 Å². The Kier molecular flexibility index (Phi) is 3.83. The Morgan fingerprint density at radius 3 is 2.05 bits per heavy atom. The first kappa shape index (κ1) is 14.4. The van der Waals surface area contributed by atoms with Crippen molar-refractivity contribution < 1.29 is 9.53 Å². The first-order chi connectivity index (χ1) is 9.47. The second-order valence-electron chi connectivity index (χ2n) is 7.92. The fourth-order valence-electron chi connectivity index (χ4n) is 5.47. The van der Waals surface area contributed by atoms with E-state index in [1.165, 1.54) is 38.5 Å². The molecule has 0 aromatic rings. The highest BCUT2D eigenvalue weighted by atomic mass is 16.5. The van der Waals surface area contributed by atoms with Crippen LogP contribution in [0.4, 0.5) is 0 Å². The van der Waals surface area contributed by atoms with Crippen LogP contribution in [0.15, 0.2) is 0 Å². The summed E-state index contributed by atoms with van der Waals surface area (Å²) in [4.78, 5) is 11.7. The smallest absolute Gasteiger partial charge is 0.320 e. The van der Waals surface area contributed by atoms with E-state index < -0.39 is 0 Å². The third kappa shape index (κ3) is 2.74. The minimum atomic E-state index is -0.114. The van der Waals surface area contributed by atoms with E-state index >= 15 is 0 Å². The van der Waals surface area contributed by atoms with E-state index in [9.17, 15) is 4.79 Å². The van der Waals surface area contributed by atoms with E-state index in [-0.39, 0.29) is 12.1 Å². The molecule has 0 spiro atoms. The lowest BCUT2D eigenvalue weighted by Gasteiger charge is -2.59. The highest BCUT2D eigenvalue weighted by molar-refractivity contribution is 5.71. The van der Waals surface area contributed by atoms with Gasteiger partial charge in [0.15, 0.2) is 0 Å². The highest BCUT2D eigenvalue weighted by Gasteiger charge is 2.52. The monoisotopic (exact) mass is 279 g/mol. The summed E-state index contributed by atoms with van der Waals surface area (Å²) in [7, 11) is 0. The van der Waals surface area contributed by atoms with Gasteiger partial charge in [-0.05, 0) is 82.5 Å². The van der Waals surface area contributed by atoms with Crippen molar-refractivity contribution in [2.45, 2.75) is 71.4 Å². The summed E-state index contributed by atoms with van der Waals surface area (Å²) >= 11 is 0. The van der Waals surface area contributed by atoms with Gasteiger partial charge < -0.3 is 10.1 Å². The molecule has 0 aromatic carbocycles. The number of hydrogen-bond acceptors (Lipinski definition) is 3. The molecule has 0 saturated heterocycles. The molecule has 4 bridgehead atoms. The van der Waals surface area contributed by atoms with Gasteiger partial charge in [0.1, 0.15) is 0 Å². The van der Waals surface area contributed by atoms with Crippen LogP contribution in [-0.4, -0.2) is 24.7 Å². The molecule has 114 valence electrons. The van der Waals surface area contributed by atoms with Gasteiger partial charge in [0.2, 0.25) is 0 Å². The molecule has 1 atom stereocenters. The van der Waals surface area contributed by atoms with Crippen LogP contribution in [0.3, 0.4) is 0 Å². The van der Waals surface area contributed by atoms with Crippen LogP contribution < -0.4 is 5.32 Å². The van der Waals surface area contributed by atoms with Crippen molar-refractivity contribution in [2.24, 2.45) is 23.2 Å². The topological polar surface area (TPSA) is 38.3 Å². The van der Waals surface area contributed by atoms with E-state index in [0.717, 1.165) is 17.8 Å². The molecule has 0 aromatic heterocycles. The van der Waals surface area contributed by atoms with E-state index in [0.29, 0.717) is 18.0 Å². The molecule has 0 heterocycles. The van der Waals surface area contributed by atoms with Gasteiger partial charge in [-0.15, -0.1) is 0 Å². The average Bonchev–Trinajstić information content (AvgIpc) is 2.33. The molecule has 0 aliphatic heterocycles. The van der Waals surface area contributed by atoms with Crippen LogP contribution in [0.2, 0.25) is 0 Å². The van der Waals surface area contributed by atoms with Crippen molar-refractivity contribution in [3.05, 3.63) is 0 Å². The molecular formula is C17H29NO2. The zero-order valence-electron chi connectivity index (χ0n) is 13.2. The third-order valence-corrected chi connectivity index (χ3v) is 5.92. The molecule has 1 N–H and O–H groups in total. The van der Waals surface area contributed by atoms with E-state index in [2.05, 4.69) is 12.2 Å². The minimum absolute atomic E-state index is 0.0147. The zero-order chi connectivity index (χ0) is 14.3. The van der Waals surface area contributed by atoms with Gasteiger partial charge in [-0.2, -0.15) is 0 Å². The van der Waals surface area contributed by atoms with Gasteiger partial charge in [0.05, 0.1) is 12.6 Å². The molecule has 4 rings (SSSR count). The summed E-state index contributed by atoms with van der Waals surface area (Å²) in [6.45, 7) is 6.46. The Labute approximate surface area is 122 Å². The SMILES string of the molecule is CC(C)OC(=O)CNC(C)C12CC3CC(CC(C3)C1)C2. The molecule has 1 unspecified atom stereocenters. The molecule has 3 nitrogen and oxygen atoms in total. The zero-order valence-corrected chi connectivity index (χ0v) is 13.2. The summed E-state index contributed by atoms with van der Waals surface area (Å²) < 4.78 is 5.22. The maximum absolute atomic E-state index is 11.7. The normalized spacial score (nSPS) is 40.1. The quantitative estimate of drug-likeness (QED) is 0.786. The standard InChI is InChI=1S/C17H29NO2/c1-11(2)20-16(19)10-18-12(3)17-7-13-4-14(8-17)6-15(5-13)9-17/h11-15,18H,4-10H2,1-3H3. The number of carbonyl (C=O) groups is 1. The number of carbonyl (C=O) groups excluding carboxylic acids is 1. The summed E-state index contributed by atoms with van der Waals surface area (Å²) in [6, 6.07) is 0.440. The van der Waals surface area contributed by atoms with Crippen LogP contribution in [0.25, 0.3) is 0 Å². The lowest BCUT2D eigenvalue weighted by atomic mass is 9.48. The van der Waals surface area contributed by atoms with Gasteiger partial charge in [-0.25, -0.2) is 0 Å². The summed E-state index contributed by atoms with van der Waals surface area (Å²) in [5, 5.41) is 3.47. The van der Waals surface area contributed by atoms with Crippen LogP contribution in [0, 0.1) is 23.2 Å². The van der Waals surface area contributed by atoms with Crippen LogP contribution in [-0.2, 0) is 9.53 Å². The predicted molar refractivity (Wildman–Crippen MR) is 79.3 cm³/mol. The van der Waals surface area contributed by atoms with Gasteiger partial charge >= 0.3 is 5.97 Å². The highest BCUT2D eigenvalue weighted by Crippen LogP contribution is 2.61. The van der Waals surface area contributed by atoms with Crippen molar-refractivity contribution in [1.82, 2.24) is 5.32 Å². The molecule has 20 heavy (non-hydrogen) atoms. The molecule has 4 aliphatic carbocycles. The minimum Gasteiger partial charge on any atom is -0.462 e. The number of rotatable bonds is 5. The Morgan fingerprint density at radius 1 is 1.10 bits per heavy atom. The lowest BCUT2D eigenvalue weighted by molar-refractivity contribution is -0.147. The Hall–Kier alpha value is -0.570. The van der Waals surface area contributed by atoms with Crippen LogP contribution in [0.5, 0.6) is 0 Å². The van der Waals surface area contributed by atoms with Crippen LogP contribution in [0.1, 0.15) is 59.3 Å². The molecule has 3 heteroatoms. The molecule has 0 radical (unpaired) electrons. The van der Waals surface area contributed by atoms with Crippen molar-refractivity contribution in [1.29, 1.82) is 0 Å². The maximum Gasteiger partial charge on any atom is 0.320 e. The predicted octanol–water partition coefficient (Wildman–Crippen LogP) is 3.13. The first-order valence-electron chi connectivity index (χ1n) is 8.40. The maximum atomic E-state index is 11.7. The number of esters is 1. The number of nitrogens with one attached hydrogen (secondary N) is 1. The fourth-order valence-corrected chi connectivity index (χ4v) is 5.47. The van der Waals surface area contributed by atoms with Crippen molar-refractivity contribution >= 4 is 5.97 Å². The summed E-state index contributed by atoms with van der Waals surface area (Å²) in [5.41, 5.74) is 0.465. The second kappa shape index (κ2) is 5.32. The van der Waals surface area contributed by atoms with Gasteiger partial charge in [0, 0.05) is 6.04 Å². The van der Waals surface area contributed by atoms with Gasteiger partial charge in [-0.1, -0.05) is 0 Å². The lowest BCUT2D eigenvalue weighted by Crippen LogP contribution is -2.55. The van der Waals surface area contributed by atoms with Gasteiger partial charge in [0.25, 0.3) is 0 Å². The van der Waals surface area contributed by atoms with Crippen LogP contribution >= 0.6 is 0 Å². The Balaban J connectivity index is 1.57. The number of ether oxygens (including phenoxy) is 1.